The monoisotopic (exact) mass is 376 g/mol. The van der Waals surface area contributed by atoms with E-state index < -0.39 is 0 Å². The molecule has 2 heterocycles. The van der Waals surface area contributed by atoms with Gasteiger partial charge in [0.25, 0.3) is 0 Å². The van der Waals surface area contributed by atoms with Gasteiger partial charge in [-0.2, -0.15) is 0 Å². The van der Waals surface area contributed by atoms with E-state index in [1.807, 2.05) is 23.1 Å². The molecule has 1 saturated carbocycles. The highest BCUT2D eigenvalue weighted by Crippen LogP contribution is 2.53. The highest BCUT2D eigenvalue weighted by molar-refractivity contribution is 6.22. The van der Waals surface area contributed by atoms with E-state index in [2.05, 4.69) is 12.2 Å². The second kappa shape index (κ2) is 6.73. The minimum atomic E-state index is -0.192. The van der Waals surface area contributed by atoms with Gasteiger partial charge in [0.15, 0.2) is 0 Å². The quantitative estimate of drug-likeness (QED) is 0.463. The van der Waals surface area contributed by atoms with Gasteiger partial charge >= 0.3 is 0 Å². The molecule has 0 spiro atoms. The molecule has 3 fully saturated rings. The van der Waals surface area contributed by atoms with Crippen molar-refractivity contribution in [2.45, 2.75) is 25.7 Å². The average Bonchev–Trinajstić information content (AvgIpc) is 3.41. The fourth-order valence-corrected chi connectivity index (χ4v) is 5.31. The summed E-state index contributed by atoms with van der Waals surface area (Å²) in [6.45, 7) is 1.64. The Kier molecular flexibility index (Phi) is 4.18. The lowest BCUT2D eigenvalue weighted by Gasteiger charge is -2.25. The number of carbonyl (C=O) groups is 3. The number of piperidine rings is 1. The van der Waals surface area contributed by atoms with Gasteiger partial charge < -0.3 is 4.90 Å². The van der Waals surface area contributed by atoms with Crippen molar-refractivity contribution in [1.82, 2.24) is 4.90 Å². The van der Waals surface area contributed by atoms with Crippen molar-refractivity contribution in [3.05, 3.63) is 48.1 Å². The maximum atomic E-state index is 13.0. The van der Waals surface area contributed by atoms with Crippen LogP contribution in [0.5, 0.6) is 0 Å². The van der Waals surface area contributed by atoms with Gasteiger partial charge in [-0.05, 0) is 61.3 Å². The Bertz CT molecular complexity index is 867. The van der Waals surface area contributed by atoms with Crippen LogP contribution in [-0.2, 0) is 14.4 Å². The molecule has 4 atom stereocenters. The van der Waals surface area contributed by atoms with Gasteiger partial charge in [0.1, 0.15) is 0 Å². The van der Waals surface area contributed by atoms with Crippen LogP contribution in [0.15, 0.2) is 42.5 Å². The van der Waals surface area contributed by atoms with Gasteiger partial charge in [-0.15, -0.1) is 0 Å². The van der Waals surface area contributed by atoms with Crippen molar-refractivity contribution < 1.29 is 14.4 Å². The average molecular weight is 376 g/mol. The minimum absolute atomic E-state index is 0.0237. The topological polar surface area (TPSA) is 57.7 Å². The van der Waals surface area contributed by atoms with E-state index in [4.69, 9.17) is 0 Å². The third-order valence-corrected chi connectivity index (χ3v) is 6.68. The summed E-state index contributed by atoms with van der Waals surface area (Å²) in [6.07, 6.45) is 11.8. The Morgan fingerprint density at radius 3 is 2.32 bits per heavy atom. The van der Waals surface area contributed by atoms with Crippen molar-refractivity contribution in [3.63, 3.8) is 0 Å². The fraction of sp³-hybridized carbons (Fsp3) is 0.435. The smallest absolute Gasteiger partial charge is 0.246 e. The molecule has 2 bridgehead atoms. The summed E-state index contributed by atoms with van der Waals surface area (Å²) < 4.78 is 0. The number of carbonyl (C=O) groups excluding carboxylic acids is 3. The van der Waals surface area contributed by atoms with Gasteiger partial charge in [0, 0.05) is 19.2 Å². The Balaban J connectivity index is 1.35. The molecule has 5 nitrogen and oxygen atoms in total. The molecule has 0 radical (unpaired) electrons. The number of nitrogens with zero attached hydrogens (tertiary/aromatic N) is 2. The summed E-state index contributed by atoms with van der Waals surface area (Å²) in [5.74, 6) is -0.0847. The third kappa shape index (κ3) is 2.72. The number of hydrogen-bond donors (Lipinski definition) is 0. The largest absolute Gasteiger partial charge is 0.339 e. The number of imide groups is 1. The molecular weight excluding hydrogens is 352 g/mol. The SMILES string of the molecule is O=C(/C=C/c1cccc(N2C(=O)[C@@H]3[C@H](C2=O)[C@H]2C=C[C@@H]3C2)c1)N1CCCCC1. The third-order valence-electron chi connectivity index (χ3n) is 6.68. The molecule has 0 unspecified atom stereocenters. The molecule has 28 heavy (non-hydrogen) atoms. The lowest BCUT2D eigenvalue weighted by atomic mass is 9.85. The van der Waals surface area contributed by atoms with Gasteiger partial charge in [-0.1, -0.05) is 24.3 Å². The van der Waals surface area contributed by atoms with Crippen LogP contribution in [0.2, 0.25) is 0 Å². The lowest BCUT2D eigenvalue weighted by Crippen LogP contribution is -2.34. The van der Waals surface area contributed by atoms with E-state index in [0.717, 1.165) is 37.9 Å². The van der Waals surface area contributed by atoms with E-state index in [1.54, 1.807) is 18.2 Å². The number of anilines is 1. The Morgan fingerprint density at radius 1 is 0.964 bits per heavy atom. The summed E-state index contributed by atoms with van der Waals surface area (Å²) in [7, 11) is 0. The second-order valence-corrected chi connectivity index (χ2v) is 8.33. The molecule has 5 rings (SSSR count). The van der Waals surface area contributed by atoms with Crippen LogP contribution in [-0.4, -0.2) is 35.7 Å². The van der Waals surface area contributed by atoms with Gasteiger partial charge in [0.2, 0.25) is 17.7 Å². The number of rotatable bonds is 3. The van der Waals surface area contributed by atoms with Crippen molar-refractivity contribution in [2.24, 2.45) is 23.7 Å². The van der Waals surface area contributed by atoms with Crippen LogP contribution in [0.4, 0.5) is 5.69 Å². The highest BCUT2D eigenvalue weighted by atomic mass is 16.2. The minimum Gasteiger partial charge on any atom is -0.339 e. The molecule has 2 aliphatic carbocycles. The van der Waals surface area contributed by atoms with E-state index in [0.29, 0.717) is 5.69 Å². The van der Waals surface area contributed by atoms with Crippen LogP contribution in [0, 0.1) is 23.7 Å². The molecule has 2 saturated heterocycles. The number of hydrogen-bond acceptors (Lipinski definition) is 3. The first kappa shape index (κ1) is 17.4. The molecular formula is C23H24N2O3. The molecule has 2 aliphatic heterocycles. The molecule has 4 aliphatic rings. The highest BCUT2D eigenvalue weighted by Gasteiger charge is 2.59. The summed E-state index contributed by atoms with van der Waals surface area (Å²) in [6, 6.07) is 7.35. The van der Waals surface area contributed by atoms with Crippen LogP contribution in [0.1, 0.15) is 31.2 Å². The Labute approximate surface area is 164 Å². The summed E-state index contributed by atoms with van der Waals surface area (Å²) in [5, 5.41) is 0. The van der Waals surface area contributed by atoms with Gasteiger partial charge in [-0.3, -0.25) is 14.4 Å². The number of amides is 3. The Morgan fingerprint density at radius 2 is 1.64 bits per heavy atom. The zero-order valence-corrected chi connectivity index (χ0v) is 15.8. The van der Waals surface area contributed by atoms with Crippen LogP contribution >= 0.6 is 0 Å². The normalized spacial score (nSPS) is 31.3. The number of allylic oxidation sites excluding steroid dienone is 2. The van der Waals surface area contributed by atoms with Crippen LogP contribution in [0.25, 0.3) is 6.08 Å². The fourth-order valence-electron chi connectivity index (χ4n) is 5.31. The zero-order chi connectivity index (χ0) is 19.3. The first-order valence-corrected chi connectivity index (χ1v) is 10.3. The predicted octanol–water partition coefficient (Wildman–Crippen LogP) is 3.02. The van der Waals surface area contributed by atoms with E-state index in [-0.39, 0.29) is 41.4 Å². The van der Waals surface area contributed by atoms with Crippen molar-refractivity contribution in [2.75, 3.05) is 18.0 Å². The lowest BCUT2D eigenvalue weighted by molar-refractivity contribution is -0.127. The molecule has 5 heteroatoms. The first-order valence-electron chi connectivity index (χ1n) is 10.3. The molecule has 3 amide bonds. The summed E-state index contributed by atoms with van der Waals surface area (Å²) in [5.41, 5.74) is 1.43. The maximum absolute atomic E-state index is 13.0. The van der Waals surface area contributed by atoms with Crippen molar-refractivity contribution >= 4 is 29.5 Å². The molecule has 1 aromatic rings. The summed E-state index contributed by atoms with van der Waals surface area (Å²) >= 11 is 0. The number of fused-ring (bicyclic) bond motifs is 5. The maximum Gasteiger partial charge on any atom is 0.246 e. The van der Waals surface area contributed by atoms with E-state index in [1.165, 1.54) is 11.3 Å². The molecule has 0 N–H and O–H groups in total. The van der Waals surface area contributed by atoms with Crippen LogP contribution in [0.3, 0.4) is 0 Å². The first-order chi connectivity index (χ1) is 13.6. The van der Waals surface area contributed by atoms with Gasteiger partial charge in [-0.25, -0.2) is 4.90 Å². The molecule has 144 valence electrons. The van der Waals surface area contributed by atoms with E-state index in [9.17, 15) is 14.4 Å². The van der Waals surface area contributed by atoms with Gasteiger partial charge in [0.05, 0.1) is 17.5 Å². The van der Waals surface area contributed by atoms with Crippen LogP contribution < -0.4 is 4.90 Å². The molecule has 0 aromatic heterocycles. The van der Waals surface area contributed by atoms with Crippen molar-refractivity contribution in [3.8, 4) is 0 Å². The van der Waals surface area contributed by atoms with E-state index >= 15 is 0 Å². The zero-order valence-electron chi connectivity index (χ0n) is 15.8. The predicted molar refractivity (Wildman–Crippen MR) is 106 cm³/mol. The number of benzene rings is 1. The standard InChI is InChI=1S/C23H24N2O3/c26-19(24-11-2-1-3-12-24)10-7-15-5-4-6-18(13-15)25-22(27)20-16-8-9-17(14-16)21(20)23(25)28/h4-10,13,16-17,20-21H,1-3,11-12,14H2/b10-7+/t16-,17+,20+,21-. The molecule has 1 aromatic carbocycles. The van der Waals surface area contributed by atoms with Crippen molar-refractivity contribution in [1.29, 1.82) is 0 Å². The second-order valence-electron chi connectivity index (χ2n) is 8.33. The number of likely N-dealkylation sites (tertiary alicyclic amines) is 1. The summed E-state index contributed by atoms with van der Waals surface area (Å²) in [4.78, 5) is 41.5. The Hall–Kier alpha value is -2.69.